The summed E-state index contributed by atoms with van der Waals surface area (Å²) in [5.41, 5.74) is 6.14. The summed E-state index contributed by atoms with van der Waals surface area (Å²) in [5, 5.41) is 8.20. The molecule has 1 heterocycles. The third-order valence-corrected chi connectivity index (χ3v) is 3.43. The lowest BCUT2D eigenvalue weighted by Crippen LogP contribution is -2.18. The Kier molecular flexibility index (Phi) is 4.45. The summed E-state index contributed by atoms with van der Waals surface area (Å²) >= 11 is 0. The van der Waals surface area contributed by atoms with Gasteiger partial charge in [-0.25, -0.2) is 5.43 Å². The number of aryl methyl sites for hydroxylation is 2. The van der Waals surface area contributed by atoms with Crippen molar-refractivity contribution in [1.29, 1.82) is 0 Å². The molecule has 5 heteroatoms. The smallest absolute Gasteiger partial charge is 0.271 e. The lowest BCUT2D eigenvalue weighted by atomic mass is 9.87. The fraction of sp³-hybridized carbons (Fsp3) is 0.353. The van der Waals surface area contributed by atoms with Gasteiger partial charge in [0.1, 0.15) is 0 Å². The molecule has 0 aliphatic carbocycles. The van der Waals surface area contributed by atoms with Crippen molar-refractivity contribution in [1.82, 2.24) is 15.2 Å². The lowest BCUT2D eigenvalue weighted by Gasteiger charge is -2.18. The van der Waals surface area contributed by atoms with Gasteiger partial charge in [-0.05, 0) is 30.0 Å². The van der Waals surface area contributed by atoms with Crippen LogP contribution in [0.15, 0.2) is 35.6 Å². The molecule has 1 aromatic carbocycles. The second-order valence-electron chi connectivity index (χ2n) is 6.37. The molecule has 2 aromatic rings. The Hall–Kier alpha value is -2.43. The van der Waals surface area contributed by atoms with Crippen molar-refractivity contribution in [3.8, 4) is 0 Å². The second-order valence-corrected chi connectivity index (χ2v) is 6.37. The summed E-state index contributed by atoms with van der Waals surface area (Å²) in [4.78, 5) is 12.0. The monoisotopic (exact) mass is 298 g/mol. The number of aromatic nitrogens is 2. The van der Waals surface area contributed by atoms with Crippen LogP contribution in [0.4, 0.5) is 0 Å². The molecule has 1 amide bonds. The molecule has 0 aliphatic rings. The minimum Gasteiger partial charge on any atom is -0.275 e. The maximum atomic E-state index is 12.0. The largest absolute Gasteiger partial charge is 0.275 e. The van der Waals surface area contributed by atoms with Crippen molar-refractivity contribution in [2.75, 3.05) is 0 Å². The predicted molar refractivity (Wildman–Crippen MR) is 88.1 cm³/mol. The Balaban J connectivity index is 2.02. The van der Waals surface area contributed by atoms with Gasteiger partial charge in [-0.1, -0.05) is 32.9 Å². The summed E-state index contributed by atoms with van der Waals surface area (Å²) in [6.07, 6.45) is 3.45. The third kappa shape index (κ3) is 3.81. The van der Waals surface area contributed by atoms with E-state index in [0.717, 1.165) is 11.3 Å². The van der Waals surface area contributed by atoms with E-state index in [1.165, 1.54) is 5.56 Å². The van der Waals surface area contributed by atoms with Gasteiger partial charge in [0.25, 0.3) is 5.91 Å². The maximum Gasteiger partial charge on any atom is 0.271 e. The van der Waals surface area contributed by atoms with Gasteiger partial charge in [0.2, 0.25) is 0 Å². The molecule has 0 fully saturated rings. The molecule has 22 heavy (non-hydrogen) atoms. The van der Waals surface area contributed by atoms with Gasteiger partial charge in [0, 0.05) is 24.4 Å². The third-order valence-electron chi connectivity index (χ3n) is 3.43. The molecule has 0 unspecified atom stereocenters. The number of hydrazone groups is 1. The first-order valence-corrected chi connectivity index (χ1v) is 7.21. The van der Waals surface area contributed by atoms with Crippen LogP contribution in [0, 0.1) is 6.92 Å². The molecule has 116 valence electrons. The molecule has 1 aromatic heterocycles. The van der Waals surface area contributed by atoms with Crippen molar-refractivity contribution < 1.29 is 4.79 Å². The van der Waals surface area contributed by atoms with Crippen LogP contribution >= 0.6 is 0 Å². The predicted octanol–water partition coefficient (Wildman–Crippen LogP) is 2.79. The zero-order valence-corrected chi connectivity index (χ0v) is 13.7. The molecule has 0 bridgehead atoms. The zero-order chi connectivity index (χ0) is 16.3. The minimum atomic E-state index is -0.224. The Bertz CT molecular complexity index is 690. The highest BCUT2D eigenvalue weighted by atomic mass is 16.2. The molecule has 5 nitrogen and oxygen atoms in total. The van der Waals surface area contributed by atoms with Crippen LogP contribution in [0.1, 0.15) is 48.0 Å². The first-order valence-electron chi connectivity index (χ1n) is 7.21. The molecule has 1 N–H and O–H groups in total. The van der Waals surface area contributed by atoms with E-state index < -0.39 is 0 Å². The molecule has 0 saturated carbocycles. The van der Waals surface area contributed by atoms with Gasteiger partial charge >= 0.3 is 0 Å². The fourth-order valence-corrected chi connectivity index (χ4v) is 2.09. The average Bonchev–Trinajstić information content (AvgIpc) is 2.76. The number of hydrogen-bond acceptors (Lipinski definition) is 3. The molecular weight excluding hydrogens is 276 g/mol. The van der Waals surface area contributed by atoms with Crippen molar-refractivity contribution in [2.24, 2.45) is 12.1 Å². The normalized spacial score (nSPS) is 11.9. The highest BCUT2D eigenvalue weighted by Crippen LogP contribution is 2.22. The zero-order valence-electron chi connectivity index (χ0n) is 13.7. The second kappa shape index (κ2) is 6.13. The van der Waals surface area contributed by atoms with Gasteiger partial charge in [0.05, 0.1) is 11.9 Å². The van der Waals surface area contributed by atoms with Gasteiger partial charge in [-0.15, -0.1) is 0 Å². The van der Waals surface area contributed by atoms with Crippen LogP contribution < -0.4 is 5.43 Å². The van der Waals surface area contributed by atoms with E-state index in [2.05, 4.69) is 36.4 Å². The molecule has 0 spiro atoms. The highest BCUT2D eigenvalue weighted by molar-refractivity contribution is 5.95. The number of hydrogen-bond donors (Lipinski definition) is 1. The first-order chi connectivity index (χ1) is 10.3. The van der Waals surface area contributed by atoms with Gasteiger partial charge < -0.3 is 0 Å². The Morgan fingerprint density at radius 1 is 1.27 bits per heavy atom. The molecular formula is C17H22N4O. The van der Waals surface area contributed by atoms with E-state index in [0.29, 0.717) is 5.56 Å². The molecule has 0 radical (unpaired) electrons. The highest BCUT2D eigenvalue weighted by Gasteiger charge is 2.14. The number of carbonyl (C=O) groups is 1. The quantitative estimate of drug-likeness (QED) is 0.699. The molecule has 0 atom stereocenters. The molecule has 0 saturated heterocycles. The van der Waals surface area contributed by atoms with E-state index in [4.69, 9.17) is 0 Å². The number of rotatable bonds is 3. The average molecular weight is 298 g/mol. The van der Waals surface area contributed by atoms with E-state index in [-0.39, 0.29) is 11.3 Å². The van der Waals surface area contributed by atoms with Crippen LogP contribution in [0.5, 0.6) is 0 Å². The number of amides is 1. The van der Waals surface area contributed by atoms with Crippen LogP contribution in [0.3, 0.4) is 0 Å². The van der Waals surface area contributed by atoms with E-state index in [1.807, 2.05) is 44.4 Å². The number of nitrogens with one attached hydrogen (secondary N) is 1. The topological polar surface area (TPSA) is 59.3 Å². The van der Waals surface area contributed by atoms with Gasteiger partial charge in [-0.3, -0.25) is 9.48 Å². The van der Waals surface area contributed by atoms with Gasteiger partial charge in [-0.2, -0.15) is 10.2 Å². The summed E-state index contributed by atoms with van der Waals surface area (Å²) in [5.74, 6) is -0.224. The summed E-state index contributed by atoms with van der Waals surface area (Å²) in [6.45, 7) is 8.32. The fourth-order valence-electron chi connectivity index (χ4n) is 2.09. The molecule has 0 aliphatic heterocycles. The summed E-state index contributed by atoms with van der Waals surface area (Å²) in [6, 6.07) is 7.59. The first kappa shape index (κ1) is 15.9. The Morgan fingerprint density at radius 3 is 2.41 bits per heavy atom. The van der Waals surface area contributed by atoms with Crippen LogP contribution in [0.25, 0.3) is 0 Å². The lowest BCUT2D eigenvalue weighted by molar-refractivity contribution is 0.0955. The van der Waals surface area contributed by atoms with Crippen molar-refractivity contribution >= 4 is 12.1 Å². The van der Waals surface area contributed by atoms with E-state index in [1.54, 1.807) is 10.9 Å². The standard InChI is InChI=1S/C17H22N4O/c1-12-14(11-21(5)20-12)10-18-19-16(22)13-6-8-15(9-7-13)17(2,3)4/h6-11H,1-5H3,(H,19,22)/b18-10-. The number of carbonyl (C=O) groups excluding carboxylic acids is 1. The summed E-state index contributed by atoms with van der Waals surface area (Å²) < 4.78 is 1.71. The van der Waals surface area contributed by atoms with Crippen molar-refractivity contribution in [3.05, 3.63) is 52.8 Å². The Morgan fingerprint density at radius 2 is 1.91 bits per heavy atom. The summed E-state index contributed by atoms with van der Waals surface area (Å²) in [7, 11) is 1.85. The minimum absolute atomic E-state index is 0.0744. The number of nitrogens with zero attached hydrogens (tertiary/aromatic N) is 3. The maximum absolute atomic E-state index is 12.0. The van der Waals surface area contributed by atoms with Gasteiger partial charge in [0.15, 0.2) is 0 Å². The SMILES string of the molecule is Cc1nn(C)cc1/C=N\NC(=O)c1ccc(C(C)(C)C)cc1. The number of benzene rings is 1. The Labute approximate surface area is 131 Å². The molecule has 2 rings (SSSR count). The van der Waals surface area contributed by atoms with E-state index >= 15 is 0 Å². The van der Waals surface area contributed by atoms with Crippen LogP contribution in [0.2, 0.25) is 0 Å². The van der Waals surface area contributed by atoms with Crippen molar-refractivity contribution in [3.63, 3.8) is 0 Å². The van der Waals surface area contributed by atoms with E-state index in [9.17, 15) is 4.79 Å². The van der Waals surface area contributed by atoms with Crippen LogP contribution in [-0.2, 0) is 12.5 Å². The van der Waals surface area contributed by atoms with Crippen LogP contribution in [-0.4, -0.2) is 21.9 Å². The van der Waals surface area contributed by atoms with Crippen molar-refractivity contribution in [2.45, 2.75) is 33.1 Å².